The summed E-state index contributed by atoms with van der Waals surface area (Å²) in [6.45, 7) is 0.790. The third-order valence-corrected chi connectivity index (χ3v) is 7.35. The van der Waals surface area contributed by atoms with Crippen LogP contribution in [0.1, 0.15) is 40.2 Å². The van der Waals surface area contributed by atoms with E-state index in [1.54, 1.807) is 14.2 Å². The third kappa shape index (κ3) is 3.68. The zero-order valence-corrected chi connectivity index (χ0v) is 20.2. The lowest BCUT2D eigenvalue weighted by Crippen LogP contribution is -2.32. The normalized spacial score (nSPS) is 16.3. The molecule has 2 aliphatic rings. The number of hydrogen-bond donors (Lipinski definition) is 0. The van der Waals surface area contributed by atoms with Gasteiger partial charge >= 0.3 is 0 Å². The van der Waals surface area contributed by atoms with Crippen molar-refractivity contribution in [1.82, 2.24) is 0 Å². The van der Waals surface area contributed by atoms with Crippen molar-refractivity contribution in [1.29, 1.82) is 0 Å². The van der Waals surface area contributed by atoms with Crippen molar-refractivity contribution >= 4 is 11.4 Å². The van der Waals surface area contributed by atoms with Gasteiger partial charge in [-0.3, -0.25) is 0 Å². The van der Waals surface area contributed by atoms with Gasteiger partial charge in [0.25, 0.3) is 0 Å². The minimum atomic E-state index is 0.244. The van der Waals surface area contributed by atoms with Crippen LogP contribution < -0.4 is 14.4 Å². The Kier molecular flexibility index (Phi) is 5.54. The van der Waals surface area contributed by atoms with Gasteiger partial charge in [0.15, 0.2) is 0 Å². The molecule has 0 aromatic heterocycles. The molecule has 174 valence electrons. The topological polar surface area (TPSA) is 21.7 Å². The Labute approximate surface area is 207 Å². The van der Waals surface area contributed by atoms with Crippen molar-refractivity contribution in [3.05, 3.63) is 130 Å². The minimum Gasteiger partial charge on any atom is -0.497 e. The molecule has 1 aliphatic carbocycles. The van der Waals surface area contributed by atoms with Gasteiger partial charge in [0.2, 0.25) is 0 Å². The maximum atomic E-state index is 5.80. The van der Waals surface area contributed by atoms with Gasteiger partial charge in [-0.05, 0) is 59.4 Å². The highest BCUT2D eigenvalue weighted by Crippen LogP contribution is 2.52. The molecule has 0 bridgehead atoms. The Hall–Kier alpha value is -3.98. The predicted octanol–water partition coefficient (Wildman–Crippen LogP) is 7.21. The van der Waals surface area contributed by atoms with E-state index < -0.39 is 0 Å². The van der Waals surface area contributed by atoms with Crippen LogP contribution in [0.25, 0.3) is 5.70 Å². The van der Waals surface area contributed by atoms with Gasteiger partial charge < -0.3 is 14.4 Å². The molecule has 0 amide bonds. The number of nitrogens with zero attached hydrogens (tertiary/aromatic N) is 1. The van der Waals surface area contributed by atoms with Gasteiger partial charge in [0, 0.05) is 35.0 Å². The number of rotatable bonds is 5. The Morgan fingerprint density at radius 2 is 1.51 bits per heavy atom. The first-order valence-corrected chi connectivity index (χ1v) is 12.2. The second kappa shape index (κ2) is 8.99. The van der Waals surface area contributed by atoms with Gasteiger partial charge in [0.05, 0.1) is 14.2 Å². The number of fused-ring (bicyclic) bond motifs is 3. The van der Waals surface area contributed by atoms with Gasteiger partial charge in [-0.15, -0.1) is 0 Å². The van der Waals surface area contributed by atoms with E-state index in [2.05, 4.69) is 89.8 Å². The van der Waals surface area contributed by atoms with Crippen molar-refractivity contribution < 1.29 is 9.47 Å². The van der Waals surface area contributed by atoms with Crippen LogP contribution in [-0.2, 0) is 13.0 Å². The predicted molar refractivity (Wildman–Crippen MR) is 142 cm³/mol. The highest BCUT2D eigenvalue weighted by Gasteiger charge is 2.37. The summed E-state index contributed by atoms with van der Waals surface area (Å²) in [5, 5.41) is 0. The number of methoxy groups -OCH3 is 2. The number of para-hydroxylation sites is 1. The quantitative estimate of drug-likeness (QED) is 0.315. The van der Waals surface area contributed by atoms with Crippen molar-refractivity contribution in [3.8, 4) is 11.5 Å². The average molecular weight is 460 g/mol. The van der Waals surface area contributed by atoms with Crippen LogP contribution in [-0.4, -0.2) is 14.2 Å². The van der Waals surface area contributed by atoms with E-state index in [1.807, 2.05) is 12.1 Å². The fraction of sp³-hybridized carbons (Fsp3) is 0.188. The first kappa shape index (κ1) is 21.5. The summed E-state index contributed by atoms with van der Waals surface area (Å²) in [5.74, 6) is 2.10. The second-order valence-electron chi connectivity index (χ2n) is 9.20. The number of hydrogen-bond acceptors (Lipinski definition) is 3. The summed E-state index contributed by atoms with van der Waals surface area (Å²) in [7, 11) is 3.49. The first-order chi connectivity index (χ1) is 17.3. The maximum absolute atomic E-state index is 5.80. The summed E-state index contributed by atoms with van der Waals surface area (Å²) in [6.07, 6.45) is 2.00. The van der Waals surface area contributed by atoms with Gasteiger partial charge in [-0.1, -0.05) is 72.8 Å². The number of benzene rings is 4. The minimum absolute atomic E-state index is 0.244. The molecule has 35 heavy (non-hydrogen) atoms. The van der Waals surface area contributed by atoms with E-state index in [4.69, 9.17) is 9.47 Å². The lowest BCUT2D eigenvalue weighted by molar-refractivity contribution is 0.409. The Bertz CT molecular complexity index is 1390. The molecule has 0 spiro atoms. The number of allylic oxidation sites excluding steroid dienone is 1. The van der Waals surface area contributed by atoms with Gasteiger partial charge in [0.1, 0.15) is 11.5 Å². The molecule has 6 rings (SSSR count). The molecule has 0 saturated heterocycles. The Morgan fingerprint density at radius 1 is 0.743 bits per heavy atom. The summed E-state index contributed by atoms with van der Waals surface area (Å²) in [6, 6.07) is 34.8. The van der Waals surface area contributed by atoms with Crippen LogP contribution in [0.5, 0.6) is 11.5 Å². The van der Waals surface area contributed by atoms with Gasteiger partial charge in [-0.2, -0.15) is 0 Å². The van der Waals surface area contributed by atoms with Gasteiger partial charge in [-0.25, -0.2) is 0 Å². The molecule has 0 fully saturated rings. The molecule has 1 atom stereocenters. The van der Waals surface area contributed by atoms with Crippen LogP contribution in [0.15, 0.2) is 103 Å². The van der Waals surface area contributed by atoms with Crippen LogP contribution >= 0.6 is 0 Å². The number of ether oxygens (including phenoxy) is 2. The maximum Gasteiger partial charge on any atom is 0.122 e. The SMILES string of the molecule is COc1ccc(CN2C3=C(CCc4c(OC)cccc43)[C@H](c3ccccc3)c3ccccc32)cc1. The van der Waals surface area contributed by atoms with E-state index in [9.17, 15) is 0 Å². The Morgan fingerprint density at radius 3 is 2.29 bits per heavy atom. The molecule has 1 aliphatic heterocycles. The van der Waals surface area contributed by atoms with E-state index in [1.165, 1.54) is 44.8 Å². The van der Waals surface area contributed by atoms with E-state index in [0.717, 1.165) is 30.9 Å². The molecule has 0 N–H and O–H groups in total. The largest absolute Gasteiger partial charge is 0.497 e. The summed E-state index contributed by atoms with van der Waals surface area (Å²) in [5.41, 5.74) is 10.7. The molecule has 0 saturated carbocycles. The zero-order valence-electron chi connectivity index (χ0n) is 20.2. The molecular weight excluding hydrogens is 430 g/mol. The molecule has 4 aromatic carbocycles. The molecule has 0 unspecified atom stereocenters. The van der Waals surface area contributed by atoms with Crippen LogP contribution in [0.3, 0.4) is 0 Å². The van der Waals surface area contributed by atoms with E-state index in [0.29, 0.717) is 0 Å². The highest BCUT2D eigenvalue weighted by atomic mass is 16.5. The fourth-order valence-corrected chi connectivity index (χ4v) is 5.78. The first-order valence-electron chi connectivity index (χ1n) is 12.2. The summed E-state index contributed by atoms with van der Waals surface area (Å²) >= 11 is 0. The van der Waals surface area contributed by atoms with Crippen molar-refractivity contribution in [3.63, 3.8) is 0 Å². The molecule has 3 heteroatoms. The zero-order chi connectivity index (χ0) is 23.8. The number of anilines is 1. The fourth-order valence-electron chi connectivity index (χ4n) is 5.78. The van der Waals surface area contributed by atoms with Crippen molar-refractivity contribution in [2.75, 3.05) is 19.1 Å². The van der Waals surface area contributed by atoms with Crippen LogP contribution in [0.2, 0.25) is 0 Å². The summed E-state index contributed by atoms with van der Waals surface area (Å²) in [4.78, 5) is 2.52. The van der Waals surface area contributed by atoms with E-state index >= 15 is 0 Å². The van der Waals surface area contributed by atoms with Crippen LogP contribution in [0.4, 0.5) is 5.69 Å². The Balaban J connectivity index is 1.58. The lowest BCUT2D eigenvalue weighted by Gasteiger charge is -2.43. The summed E-state index contributed by atoms with van der Waals surface area (Å²) < 4.78 is 11.2. The second-order valence-corrected chi connectivity index (χ2v) is 9.20. The standard InChI is InChI=1S/C32H29NO2/c1-34-24-17-15-22(16-18-24)21-33-29-13-7-6-11-27(29)31(23-9-4-3-5-10-23)28-20-19-25-26(32(28)33)12-8-14-30(25)35-2/h3-18,31H,19-21H2,1-2H3/t31-/m1/s1. The molecule has 3 nitrogen and oxygen atoms in total. The molecule has 4 aromatic rings. The molecule has 0 radical (unpaired) electrons. The highest BCUT2D eigenvalue weighted by molar-refractivity contribution is 5.90. The third-order valence-electron chi connectivity index (χ3n) is 7.35. The molecule has 1 heterocycles. The van der Waals surface area contributed by atoms with Crippen molar-refractivity contribution in [2.24, 2.45) is 0 Å². The molecular formula is C32H29NO2. The van der Waals surface area contributed by atoms with Crippen LogP contribution in [0, 0.1) is 0 Å². The monoisotopic (exact) mass is 459 g/mol. The lowest BCUT2D eigenvalue weighted by atomic mass is 9.73. The van der Waals surface area contributed by atoms with E-state index in [-0.39, 0.29) is 5.92 Å². The van der Waals surface area contributed by atoms with Crippen molar-refractivity contribution in [2.45, 2.75) is 25.3 Å². The smallest absolute Gasteiger partial charge is 0.122 e. The average Bonchev–Trinajstić information content (AvgIpc) is 2.93.